The summed E-state index contributed by atoms with van der Waals surface area (Å²) < 4.78 is 1.95. The van der Waals surface area contributed by atoms with Crippen molar-refractivity contribution in [1.29, 1.82) is 5.26 Å². The highest BCUT2D eigenvalue weighted by Crippen LogP contribution is 2.14. The van der Waals surface area contributed by atoms with Crippen LogP contribution in [-0.4, -0.2) is 45.8 Å². The molecule has 28 heavy (non-hydrogen) atoms. The fraction of sp³-hybridized carbons (Fsp3) is 0.304. The van der Waals surface area contributed by atoms with Crippen molar-refractivity contribution in [3.05, 3.63) is 83.7 Å². The van der Waals surface area contributed by atoms with Gasteiger partial charge in [-0.05, 0) is 49.3 Å². The predicted molar refractivity (Wildman–Crippen MR) is 110 cm³/mol. The van der Waals surface area contributed by atoms with E-state index in [0.717, 1.165) is 50.5 Å². The van der Waals surface area contributed by atoms with Crippen molar-refractivity contribution in [2.75, 3.05) is 26.2 Å². The summed E-state index contributed by atoms with van der Waals surface area (Å²) in [6.07, 6.45) is 5.28. The molecule has 0 bridgehead atoms. The minimum absolute atomic E-state index is 0.724. The van der Waals surface area contributed by atoms with Crippen LogP contribution >= 0.6 is 0 Å². The Labute approximate surface area is 166 Å². The van der Waals surface area contributed by atoms with Crippen LogP contribution in [0.15, 0.2) is 67.0 Å². The number of hydrogen-bond acceptors (Lipinski definition) is 4. The largest absolute Gasteiger partial charge is 0.298 e. The molecule has 0 spiro atoms. The first-order valence-corrected chi connectivity index (χ1v) is 9.83. The Kier molecular flexibility index (Phi) is 5.81. The number of rotatable bonds is 5. The van der Waals surface area contributed by atoms with E-state index >= 15 is 0 Å². The molecule has 0 N–H and O–H groups in total. The molecule has 0 atom stereocenters. The SMILES string of the molecule is N#Cc1ccc(CN2CCCN(Cc3cnn(-c4ccccc4)c3)CC2)cc1. The molecule has 0 amide bonds. The zero-order valence-electron chi connectivity index (χ0n) is 16.0. The number of benzene rings is 2. The smallest absolute Gasteiger partial charge is 0.0991 e. The molecule has 2 heterocycles. The van der Waals surface area contributed by atoms with E-state index in [1.165, 1.54) is 17.5 Å². The standard InChI is InChI=1S/C23H25N5/c24-15-20-7-9-21(10-8-20)17-26-11-4-12-27(14-13-26)18-22-16-25-28(19-22)23-5-2-1-3-6-23/h1-3,5-10,16,19H,4,11-14,17-18H2. The van der Waals surface area contributed by atoms with Crippen LogP contribution in [0, 0.1) is 11.3 Å². The molecular weight excluding hydrogens is 346 g/mol. The van der Waals surface area contributed by atoms with Gasteiger partial charge in [-0.25, -0.2) is 4.68 Å². The van der Waals surface area contributed by atoms with Crippen molar-refractivity contribution in [3.8, 4) is 11.8 Å². The molecule has 0 aliphatic carbocycles. The summed E-state index contributed by atoms with van der Waals surface area (Å²) >= 11 is 0. The number of para-hydroxylation sites is 1. The van der Waals surface area contributed by atoms with Crippen LogP contribution in [0.25, 0.3) is 5.69 Å². The van der Waals surface area contributed by atoms with Crippen LogP contribution < -0.4 is 0 Å². The van der Waals surface area contributed by atoms with E-state index in [4.69, 9.17) is 5.26 Å². The highest BCUT2D eigenvalue weighted by atomic mass is 15.3. The van der Waals surface area contributed by atoms with Gasteiger partial charge < -0.3 is 0 Å². The molecule has 4 rings (SSSR count). The maximum atomic E-state index is 8.93. The Bertz CT molecular complexity index is 924. The third-order valence-electron chi connectivity index (χ3n) is 5.23. The maximum Gasteiger partial charge on any atom is 0.0991 e. The van der Waals surface area contributed by atoms with Crippen LogP contribution in [0.3, 0.4) is 0 Å². The molecule has 1 fully saturated rings. The van der Waals surface area contributed by atoms with Gasteiger partial charge in [0.2, 0.25) is 0 Å². The van der Waals surface area contributed by atoms with Crippen molar-refractivity contribution in [3.63, 3.8) is 0 Å². The molecule has 3 aromatic rings. The van der Waals surface area contributed by atoms with Crippen LogP contribution in [0.2, 0.25) is 0 Å². The normalized spacial score (nSPS) is 15.8. The van der Waals surface area contributed by atoms with Gasteiger partial charge in [0.25, 0.3) is 0 Å². The van der Waals surface area contributed by atoms with E-state index in [-0.39, 0.29) is 0 Å². The van der Waals surface area contributed by atoms with Gasteiger partial charge in [0.05, 0.1) is 23.5 Å². The first-order chi connectivity index (χ1) is 13.8. The molecule has 1 aliphatic heterocycles. The summed E-state index contributed by atoms with van der Waals surface area (Å²) in [7, 11) is 0. The Morgan fingerprint density at radius 3 is 2.18 bits per heavy atom. The lowest BCUT2D eigenvalue weighted by Gasteiger charge is -2.21. The first-order valence-electron chi connectivity index (χ1n) is 9.83. The van der Waals surface area contributed by atoms with Crippen molar-refractivity contribution >= 4 is 0 Å². The fourth-order valence-electron chi connectivity index (χ4n) is 3.71. The van der Waals surface area contributed by atoms with Crippen molar-refractivity contribution in [2.24, 2.45) is 0 Å². The molecule has 1 saturated heterocycles. The molecule has 5 nitrogen and oxygen atoms in total. The monoisotopic (exact) mass is 371 g/mol. The van der Waals surface area contributed by atoms with E-state index in [9.17, 15) is 0 Å². The number of nitrogens with zero attached hydrogens (tertiary/aromatic N) is 5. The molecule has 1 aromatic heterocycles. The van der Waals surface area contributed by atoms with Gasteiger partial charge in [-0.2, -0.15) is 10.4 Å². The molecule has 142 valence electrons. The zero-order chi connectivity index (χ0) is 19.2. The molecule has 0 saturated carbocycles. The first kappa shape index (κ1) is 18.4. The van der Waals surface area contributed by atoms with Gasteiger partial charge in [-0.1, -0.05) is 30.3 Å². The van der Waals surface area contributed by atoms with Crippen LogP contribution in [0.5, 0.6) is 0 Å². The van der Waals surface area contributed by atoms with Crippen molar-refractivity contribution < 1.29 is 0 Å². The molecule has 0 unspecified atom stereocenters. The lowest BCUT2D eigenvalue weighted by molar-refractivity contribution is 0.247. The Hall–Kier alpha value is -2.94. The Morgan fingerprint density at radius 1 is 0.821 bits per heavy atom. The highest BCUT2D eigenvalue weighted by molar-refractivity contribution is 5.32. The van der Waals surface area contributed by atoms with Crippen LogP contribution in [0.1, 0.15) is 23.1 Å². The lowest BCUT2D eigenvalue weighted by Crippen LogP contribution is -2.30. The highest BCUT2D eigenvalue weighted by Gasteiger charge is 2.16. The number of aromatic nitrogens is 2. The van der Waals surface area contributed by atoms with Crippen molar-refractivity contribution in [1.82, 2.24) is 19.6 Å². The minimum atomic E-state index is 0.724. The van der Waals surface area contributed by atoms with Crippen LogP contribution in [0.4, 0.5) is 0 Å². The number of hydrogen-bond donors (Lipinski definition) is 0. The van der Waals surface area contributed by atoms with Crippen LogP contribution in [-0.2, 0) is 13.1 Å². The Morgan fingerprint density at radius 2 is 1.50 bits per heavy atom. The second-order valence-corrected chi connectivity index (χ2v) is 7.34. The molecule has 0 radical (unpaired) electrons. The summed E-state index contributed by atoms with van der Waals surface area (Å²) in [4.78, 5) is 5.03. The number of nitriles is 1. The molecule has 5 heteroatoms. The van der Waals surface area contributed by atoms with Gasteiger partial charge in [0.15, 0.2) is 0 Å². The lowest BCUT2D eigenvalue weighted by atomic mass is 10.1. The third-order valence-corrected chi connectivity index (χ3v) is 5.23. The summed E-state index contributed by atoms with van der Waals surface area (Å²) in [5, 5.41) is 13.4. The summed E-state index contributed by atoms with van der Waals surface area (Å²) in [6.45, 7) is 6.24. The summed E-state index contributed by atoms with van der Waals surface area (Å²) in [5.41, 5.74) is 4.35. The second-order valence-electron chi connectivity index (χ2n) is 7.34. The zero-order valence-corrected chi connectivity index (χ0v) is 16.0. The average Bonchev–Trinajstić information content (AvgIpc) is 3.10. The van der Waals surface area contributed by atoms with Crippen molar-refractivity contribution in [2.45, 2.75) is 19.5 Å². The minimum Gasteiger partial charge on any atom is -0.298 e. The van der Waals surface area contributed by atoms with E-state index in [1.54, 1.807) is 0 Å². The maximum absolute atomic E-state index is 8.93. The van der Waals surface area contributed by atoms with Gasteiger partial charge in [0, 0.05) is 37.9 Å². The Balaban J connectivity index is 1.32. The fourth-order valence-corrected chi connectivity index (χ4v) is 3.71. The third kappa shape index (κ3) is 4.66. The molecular formula is C23H25N5. The molecule has 2 aromatic carbocycles. The summed E-state index contributed by atoms with van der Waals surface area (Å²) in [5.74, 6) is 0. The second kappa shape index (κ2) is 8.83. The van der Waals surface area contributed by atoms with E-state index in [0.29, 0.717) is 0 Å². The van der Waals surface area contributed by atoms with Gasteiger partial charge in [-0.3, -0.25) is 9.80 Å². The van der Waals surface area contributed by atoms with E-state index in [1.807, 2.05) is 41.2 Å². The van der Waals surface area contributed by atoms with Gasteiger partial charge in [0.1, 0.15) is 0 Å². The van der Waals surface area contributed by atoms with Gasteiger partial charge in [-0.15, -0.1) is 0 Å². The summed E-state index contributed by atoms with van der Waals surface area (Å²) in [6, 6.07) is 20.4. The topological polar surface area (TPSA) is 48.1 Å². The quantitative estimate of drug-likeness (QED) is 0.689. The van der Waals surface area contributed by atoms with E-state index < -0.39 is 0 Å². The average molecular weight is 371 g/mol. The predicted octanol–water partition coefficient (Wildman–Crippen LogP) is 3.45. The van der Waals surface area contributed by atoms with E-state index in [2.05, 4.69) is 51.4 Å². The molecule has 1 aliphatic rings. The van der Waals surface area contributed by atoms with Gasteiger partial charge >= 0.3 is 0 Å².